The minimum Gasteiger partial charge on any atom is -0.474 e. The zero-order valence-electron chi connectivity index (χ0n) is 16.2. The third-order valence-electron chi connectivity index (χ3n) is 5.16. The number of rotatable bonds is 8. The van der Waals surface area contributed by atoms with E-state index >= 15 is 0 Å². The van der Waals surface area contributed by atoms with E-state index in [2.05, 4.69) is 17.2 Å². The van der Waals surface area contributed by atoms with Crippen LogP contribution in [0.5, 0.6) is 5.88 Å². The summed E-state index contributed by atoms with van der Waals surface area (Å²) < 4.78 is 5.89. The van der Waals surface area contributed by atoms with Gasteiger partial charge in [-0.3, -0.25) is 9.69 Å². The van der Waals surface area contributed by atoms with Crippen LogP contribution in [-0.4, -0.2) is 35.5 Å². The Morgan fingerprint density at radius 2 is 1.96 bits per heavy atom. The lowest BCUT2D eigenvalue weighted by Gasteiger charge is -2.26. The minimum atomic E-state index is -0.297. The molecule has 1 aliphatic rings. The monoisotopic (exact) mass is 367 g/mol. The molecule has 1 N–H and O–H groups in total. The van der Waals surface area contributed by atoms with Gasteiger partial charge in [-0.25, -0.2) is 4.98 Å². The number of hydrogen-bond donors (Lipinski definition) is 1. The van der Waals surface area contributed by atoms with Crippen LogP contribution < -0.4 is 10.1 Å². The molecule has 1 amide bonds. The standard InChI is InChI=1S/C22H29N3O2/c1-3-25(2)21(18-9-5-4-6-10-18)22(26)24-16-17-13-14-20(23-15-17)27-19-11-7-8-12-19/h4-6,9-10,13-15,19,21H,3,7-8,11-12,16H2,1-2H3,(H,24,26). The predicted molar refractivity (Wildman–Crippen MR) is 106 cm³/mol. The van der Waals surface area contributed by atoms with Crippen molar-refractivity contribution in [1.82, 2.24) is 15.2 Å². The van der Waals surface area contributed by atoms with E-state index in [1.807, 2.05) is 54.4 Å². The second kappa shape index (κ2) is 9.51. The van der Waals surface area contributed by atoms with Crippen LogP contribution >= 0.6 is 0 Å². The Labute approximate surface area is 161 Å². The van der Waals surface area contributed by atoms with Gasteiger partial charge in [-0.05, 0) is 50.4 Å². The van der Waals surface area contributed by atoms with Gasteiger partial charge in [-0.1, -0.05) is 43.3 Å². The van der Waals surface area contributed by atoms with E-state index in [1.165, 1.54) is 12.8 Å². The third-order valence-corrected chi connectivity index (χ3v) is 5.16. The summed E-state index contributed by atoms with van der Waals surface area (Å²) in [5.74, 6) is 0.668. The molecule has 1 aromatic heterocycles. The zero-order valence-corrected chi connectivity index (χ0v) is 16.2. The first-order valence-corrected chi connectivity index (χ1v) is 9.82. The molecule has 1 unspecified atom stereocenters. The molecule has 0 saturated heterocycles. The lowest BCUT2D eigenvalue weighted by molar-refractivity contribution is -0.126. The van der Waals surface area contributed by atoms with Gasteiger partial charge in [0.1, 0.15) is 12.1 Å². The van der Waals surface area contributed by atoms with Gasteiger partial charge >= 0.3 is 0 Å². The quantitative estimate of drug-likeness (QED) is 0.773. The molecule has 1 fully saturated rings. The number of amides is 1. The van der Waals surface area contributed by atoms with Crippen LogP contribution in [0, 0.1) is 0 Å². The number of carbonyl (C=O) groups is 1. The summed E-state index contributed by atoms with van der Waals surface area (Å²) >= 11 is 0. The number of pyridine rings is 1. The number of carbonyl (C=O) groups excluding carboxylic acids is 1. The maximum absolute atomic E-state index is 12.8. The molecular weight excluding hydrogens is 338 g/mol. The molecule has 0 spiro atoms. The van der Waals surface area contributed by atoms with Crippen molar-refractivity contribution in [2.75, 3.05) is 13.6 Å². The smallest absolute Gasteiger partial charge is 0.242 e. The molecule has 0 bridgehead atoms. The van der Waals surface area contributed by atoms with Crippen LogP contribution in [0.4, 0.5) is 0 Å². The Hall–Kier alpha value is -2.40. The Morgan fingerprint density at radius 1 is 1.22 bits per heavy atom. The van der Waals surface area contributed by atoms with Gasteiger partial charge in [0.2, 0.25) is 11.8 Å². The Bertz CT molecular complexity index is 712. The second-order valence-corrected chi connectivity index (χ2v) is 7.13. The average Bonchev–Trinajstić information content (AvgIpc) is 3.21. The highest BCUT2D eigenvalue weighted by Gasteiger charge is 2.23. The topological polar surface area (TPSA) is 54.5 Å². The van der Waals surface area contributed by atoms with Crippen molar-refractivity contribution in [1.29, 1.82) is 0 Å². The van der Waals surface area contributed by atoms with Crippen molar-refractivity contribution in [2.24, 2.45) is 0 Å². The molecule has 1 heterocycles. The molecular formula is C22H29N3O2. The number of benzene rings is 1. The fourth-order valence-electron chi connectivity index (χ4n) is 3.47. The van der Waals surface area contributed by atoms with Gasteiger partial charge in [0.25, 0.3) is 0 Å². The van der Waals surface area contributed by atoms with E-state index in [9.17, 15) is 4.79 Å². The van der Waals surface area contributed by atoms with E-state index in [1.54, 1.807) is 6.20 Å². The van der Waals surface area contributed by atoms with Gasteiger partial charge in [0.15, 0.2) is 0 Å². The van der Waals surface area contributed by atoms with Crippen molar-refractivity contribution in [2.45, 2.75) is 51.3 Å². The fourth-order valence-corrected chi connectivity index (χ4v) is 3.47. The Kier molecular flexibility index (Phi) is 6.82. The first-order chi connectivity index (χ1) is 13.2. The predicted octanol–water partition coefficient (Wildman–Crippen LogP) is 3.71. The molecule has 5 heteroatoms. The number of nitrogens with one attached hydrogen (secondary N) is 1. The number of likely N-dealkylation sites (N-methyl/N-ethyl adjacent to an activating group) is 1. The SMILES string of the molecule is CCN(C)C(C(=O)NCc1ccc(OC2CCCC2)nc1)c1ccccc1. The number of ether oxygens (including phenoxy) is 1. The van der Waals surface area contributed by atoms with Crippen LogP contribution in [0.2, 0.25) is 0 Å². The molecule has 5 nitrogen and oxygen atoms in total. The summed E-state index contributed by atoms with van der Waals surface area (Å²) in [7, 11) is 1.97. The summed E-state index contributed by atoms with van der Waals surface area (Å²) in [6.07, 6.45) is 6.80. The van der Waals surface area contributed by atoms with Crippen molar-refractivity contribution in [3.05, 3.63) is 59.8 Å². The van der Waals surface area contributed by atoms with Crippen LogP contribution in [0.25, 0.3) is 0 Å². The third kappa shape index (κ3) is 5.30. The van der Waals surface area contributed by atoms with E-state index < -0.39 is 0 Å². The van der Waals surface area contributed by atoms with E-state index in [0.717, 1.165) is 30.5 Å². The van der Waals surface area contributed by atoms with E-state index in [0.29, 0.717) is 18.5 Å². The molecule has 1 aliphatic carbocycles. The Balaban J connectivity index is 1.58. The summed E-state index contributed by atoms with van der Waals surface area (Å²) in [5, 5.41) is 3.04. The molecule has 1 atom stereocenters. The first kappa shape index (κ1) is 19.4. The van der Waals surface area contributed by atoms with Gasteiger partial charge < -0.3 is 10.1 Å². The molecule has 3 rings (SSSR count). The van der Waals surface area contributed by atoms with Gasteiger partial charge in [-0.15, -0.1) is 0 Å². The molecule has 1 saturated carbocycles. The minimum absolute atomic E-state index is 0.00293. The molecule has 1 aromatic carbocycles. The summed E-state index contributed by atoms with van der Waals surface area (Å²) in [6, 6.07) is 13.4. The first-order valence-electron chi connectivity index (χ1n) is 9.82. The molecule has 144 valence electrons. The fraction of sp³-hybridized carbons (Fsp3) is 0.455. The summed E-state index contributed by atoms with van der Waals surface area (Å²) in [5.41, 5.74) is 1.96. The van der Waals surface area contributed by atoms with Crippen LogP contribution in [0.1, 0.15) is 49.8 Å². The van der Waals surface area contributed by atoms with Crippen molar-refractivity contribution in [3.8, 4) is 5.88 Å². The maximum atomic E-state index is 12.8. The molecule has 2 aromatic rings. The Morgan fingerprint density at radius 3 is 2.59 bits per heavy atom. The zero-order chi connectivity index (χ0) is 19.1. The average molecular weight is 367 g/mol. The maximum Gasteiger partial charge on any atom is 0.242 e. The highest BCUT2D eigenvalue weighted by atomic mass is 16.5. The molecule has 27 heavy (non-hydrogen) atoms. The van der Waals surface area contributed by atoms with Gasteiger partial charge in [0, 0.05) is 18.8 Å². The second-order valence-electron chi connectivity index (χ2n) is 7.13. The molecule has 0 radical (unpaired) electrons. The lowest BCUT2D eigenvalue weighted by Crippen LogP contribution is -2.38. The van der Waals surface area contributed by atoms with Crippen LogP contribution in [0.3, 0.4) is 0 Å². The van der Waals surface area contributed by atoms with Crippen LogP contribution in [0.15, 0.2) is 48.7 Å². The summed E-state index contributed by atoms with van der Waals surface area (Å²) in [6.45, 7) is 3.30. The van der Waals surface area contributed by atoms with Crippen molar-refractivity contribution < 1.29 is 9.53 Å². The lowest BCUT2D eigenvalue weighted by atomic mass is 10.0. The van der Waals surface area contributed by atoms with E-state index in [-0.39, 0.29) is 11.9 Å². The molecule has 0 aliphatic heterocycles. The number of nitrogens with zero attached hydrogens (tertiary/aromatic N) is 2. The highest BCUT2D eigenvalue weighted by Crippen LogP contribution is 2.23. The largest absolute Gasteiger partial charge is 0.474 e. The summed E-state index contributed by atoms with van der Waals surface area (Å²) in [4.78, 5) is 19.3. The van der Waals surface area contributed by atoms with Crippen LogP contribution in [-0.2, 0) is 11.3 Å². The van der Waals surface area contributed by atoms with E-state index in [4.69, 9.17) is 4.74 Å². The van der Waals surface area contributed by atoms with Crippen molar-refractivity contribution in [3.63, 3.8) is 0 Å². The van der Waals surface area contributed by atoms with Gasteiger partial charge in [-0.2, -0.15) is 0 Å². The number of aromatic nitrogens is 1. The normalized spacial score (nSPS) is 15.7. The highest BCUT2D eigenvalue weighted by molar-refractivity contribution is 5.83. The van der Waals surface area contributed by atoms with Crippen molar-refractivity contribution >= 4 is 5.91 Å². The van der Waals surface area contributed by atoms with Gasteiger partial charge in [0.05, 0.1) is 0 Å². The number of hydrogen-bond acceptors (Lipinski definition) is 4.